The van der Waals surface area contributed by atoms with Crippen LogP contribution in [0.25, 0.3) is 0 Å². The van der Waals surface area contributed by atoms with Crippen LogP contribution in [-0.4, -0.2) is 24.3 Å². The van der Waals surface area contributed by atoms with Gasteiger partial charge in [-0.25, -0.2) is 0 Å². The van der Waals surface area contributed by atoms with Crippen molar-refractivity contribution < 1.29 is 5.11 Å². The summed E-state index contributed by atoms with van der Waals surface area (Å²) in [4.78, 5) is 0. The Morgan fingerprint density at radius 3 is 2.42 bits per heavy atom. The minimum Gasteiger partial charge on any atom is -0.396 e. The Kier molecular flexibility index (Phi) is 3.53. The zero-order valence-electron chi connectivity index (χ0n) is 8.27. The number of hydrogen-bond acceptors (Lipinski definition) is 2. The molecule has 2 heteroatoms. The van der Waals surface area contributed by atoms with Crippen LogP contribution in [0.3, 0.4) is 0 Å². The summed E-state index contributed by atoms with van der Waals surface area (Å²) in [6, 6.07) is 0.571. The van der Waals surface area contributed by atoms with Gasteiger partial charge in [0.1, 0.15) is 0 Å². The summed E-state index contributed by atoms with van der Waals surface area (Å²) in [5.74, 6) is 0. The molecule has 0 saturated heterocycles. The maximum absolute atomic E-state index is 8.90. The molecule has 2 N–H and O–H groups in total. The average molecular weight is 171 g/mol. The molecule has 0 amide bonds. The molecule has 0 bridgehead atoms. The highest BCUT2D eigenvalue weighted by molar-refractivity contribution is 4.89. The molecule has 2 nitrogen and oxygen atoms in total. The van der Waals surface area contributed by atoms with E-state index >= 15 is 0 Å². The quantitative estimate of drug-likeness (QED) is 0.657. The normalized spacial score (nSPS) is 21.0. The lowest BCUT2D eigenvalue weighted by Gasteiger charge is -2.42. The highest BCUT2D eigenvalue weighted by Crippen LogP contribution is 2.43. The molecule has 0 spiro atoms. The SMILES string of the molecule is CC(C)NCC1(CCO)CCC1. The van der Waals surface area contributed by atoms with Crippen LogP contribution in [0.2, 0.25) is 0 Å². The first-order valence-corrected chi connectivity index (χ1v) is 5.03. The third-order valence-electron chi connectivity index (χ3n) is 2.94. The van der Waals surface area contributed by atoms with E-state index in [2.05, 4.69) is 19.2 Å². The fourth-order valence-corrected chi connectivity index (χ4v) is 1.85. The van der Waals surface area contributed by atoms with E-state index in [1.807, 2.05) is 0 Å². The Morgan fingerprint density at radius 1 is 1.42 bits per heavy atom. The van der Waals surface area contributed by atoms with Crippen molar-refractivity contribution in [2.24, 2.45) is 5.41 Å². The van der Waals surface area contributed by atoms with Crippen LogP contribution in [0.5, 0.6) is 0 Å². The second kappa shape index (κ2) is 4.24. The molecular weight excluding hydrogens is 150 g/mol. The lowest BCUT2D eigenvalue weighted by molar-refractivity contribution is 0.0840. The standard InChI is InChI=1S/C10H21NO/c1-9(2)11-8-10(6-7-12)4-3-5-10/h9,11-12H,3-8H2,1-2H3. The molecule has 0 heterocycles. The summed E-state index contributed by atoms with van der Waals surface area (Å²) in [5, 5.41) is 12.4. The molecule has 0 radical (unpaired) electrons. The van der Waals surface area contributed by atoms with Crippen molar-refractivity contribution >= 4 is 0 Å². The summed E-state index contributed by atoms with van der Waals surface area (Å²) in [7, 11) is 0. The van der Waals surface area contributed by atoms with E-state index in [1.54, 1.807) is 0 Å². The topological polar surface area (TPSA) is 32.3 Å². The minimum atomic E-state index is 0.347. The Hall–Kier alpha value is -0.0800. The van der Waals surface area contributed by atoms with Gasteiger partial charge in [0.2, 0.25) is 0 Å². The highest BCUT2D eigenvalue weighted by Gasteiger charge is 2.35. The Labute approximate surface area is 75.4 Å². The predicted molar refractivity (Wildman–Crippen MR) is 51.1 cm³/mol. The molecule has 0 atom stereocenters. The van der Waals surface area contributed by atoms with E-state index in [1.165, 1.54) is 19.3 Å². The van der Waals surface area contributed by atoms with Crippen molar-refractivity contribution in [1.29, 1.82) is 0 Å². The molecule has 0 aromatic rings. The van der Waals surface area contributed by atoms with Gasteiger partial charge in [0, 0.05) is 19.2 Å². The molecule has 1 rings (SSSR count). The smallest absolute Gasteiger partial charge is 0.0436 e. The average Bonchev–Trinajstić information content (AvgIpc) is 1.94. The molecule has 1 aliphatic carbocycles. The molecule has 72 valence electrons. The molecule has 1 saturated carbocycles. The van der Waals surface area contributed by atoms with E-state index in [0.29, 0.717) is 18.1 Å². The van der Waals surface area contributed by atoms with E-state index in [4.69, 9.17) is 5.11 Å². The molecular formula is C10H21NO. The van der Waals surface area contributed by atoms with Gasteiger partial charge in [0.15, 0.2) is 0 Å². The van der Waals surface area contributed by atoms with Crippen LogP contribution in [0.1, 0.15) is 39.5 Å². The van der Waals surface area contributed by atoms with E-state index in [-0.39, 0.29) is 0 Å². The van der Waals surface area contributed by atoms with Crippen molar-refractivity contribution in [2.45, 2.75) is 45.6 Å². The van der Waals surface area contributed by atoms with Crippen LogP contribution in [0.4, 0.5) is 0 Å². The number of rotatable bonds is 5. The van der Waals surface area contributed by atoms with Crippen LogP contribution < -0.4 is 5.32 Å². The van der Waals surface area contributed by atoms with Crippen molar-refractivity contribution in [1.82, 2.24) is 5.32 Å². The first kappa shape index (κ1) is 10.0. The van der Waals surface area contributed by atoms with E-state index < -0.39 is 0 Å². The largest absolute Gasteiger partial charge is 0.396 e. The lowest BCUT2D eigenvalue weighted by atomic mass is 9.66. The van der Waals surface area contributed by atoms with Gasteiger partial charge in [-0.3, -0.25) is 0 Å². The van der Waals surface area contributed by atoms with Crippen molar-refractivity contribution in [3.8, 4) is 0 Å². The Bertz CT molecular complexity index is 130. The van der Waals surface area contributed by atoms with Gasteiger partial charge in [-0.1, -0.05) is 20.3 Å². The fraction of sp³-hybridized carbons (Fsp3) is 1.00. The van der Waals surface area contributed by atoms with Crippen molar-refractivity contribution in [3.63, 3.8) is 0 Å². The molecule has 0 aliphatic heterocycles. The predicted octanol–water partition coefficient (Wildman–Crippen LogP) is 1.54. The van der Waals surface area contributed by atoms with Crippen molar-refractivity contribution in [2.75, 3.05) is 13.2 Å². The van der Waals surface area contributed by atoms with Gasteiger partial charge in [-0.15, -0.1) is 0 Å². The van der Waals surface area contributed by atoms with Crippen LogP contribution in [0.15, 0.2) is 0 Å². The summed E-state index contributed by atoms with van der Waals surface area (Å²) in [6.07, 6.45) is 4.92. The number of aliphatic hydroxyl groups excluding tert-OH is 1. The Balaban J connectivity index is 2.24. The third-order valence-corrected chi connectivity index (χ3v) is 2.94. The van der Waals surface area contributed by atoms with Gasteiger partial charge < -0.3 is 10.4 Å². The van der Waals surface area contributed by atoms with Gasteiger partial charge in [-0.2, -0.15) is 0 Å². The molecule has 1 fully saturated rings. The second-order valence-corrected chi connectivity index (χ2v) is 4.36. The van der Waals surface area contributed by atoms with Crippen molar-refractivity contribution in [3.05, 3.63) is 0 Å². The second-order valence-electron chi connectivity index (χ2n) is 4.36. The monoisotopic (exact) mass is 171 g/mol. The number of nitrogens with one attached hydrogen (secondary N) is 1. The summed E-state index contributed by atoms with van der Waals surface area (Å²) >= 11 is 0. The van der Waals surface area contributed by atoms with Gasteiger partial charge in [-0.05, 0) is 24.7 Å². The number of hydrogen-bond donors (Lipinski definition) is 2. The van der Waals surface area contributed by atoms with Crippen LogP contribution in [-0.2, 0) is 0 Å². The van der Waals surface area contributed by atoms with Crippen LogP contribution in [0, 0.1) is 5.41 Å². The van der Waals surface area contributed by atoms with E-state index in [0.717, 1.165) is 13.0 Å². The third kappa shape index (κ3) is 2.46. The minimum absolute atomic E-state index is 0.347. The highest BCUT2D eigenvalue weighted by atomic mass is 16.3. The summed E-state index contributed by atoms with van der Waals surface area (Å²) < 4.78 is 0. The van der Waals surface area contributed by atoms with Crippen LogP contribution >= 0.6 is 0 Å². The molecule has 0 aromatic carbocycles. The summed E-state index contributed by atoms with van der Waals surface area (Å²) in [6.45, 7) is 5.78. The van der Waals surface area contributed by atoms with Gasteiger partial charge in [0.25, 0.3) is 0 Å². The molecule has 12 heavy (non-hydrogen) atoms. The maximum atomic E-state index is 8.90. The number of aliphatic hydroxyl groups is 1. The molecule has 0 unspecified atom stereocenters. The zero-order valence-corrected chi connectivity index (χ0v) is 8.27. The first-order chi connectivity index (χ1) is 5.68. The molecule has 0 aromatic heterocycles. The maximum Gasteiger partial charge on any atom is 0.0436 e. The van der Waals surface area contributed by atoms with Gasteiger partial charge >= 0.3 is 0 Å². The fourth-order valence-electron chi connectivity index (χ4n) is 1.85. The summed E-state index contributed by atoms with van der Waals surface area (Å²) in [5.41, 5.74) is 0.443. The molecule has 1 aliphatic rings. The Morgan fingerprint density at radius 2 is 2.08 bits per heavy atom. The first-order valence-electron chi connectivity index (χ1n) is 5.03. The lowest BCUT2D eigenvalue weighted by Crippen LogP contribution is -2.42. The van der Waals surface area contributed by atoms with Gasteiger partial charge in [0.05, 0.1) is 0 Å². The zero-order chi connectivity index (χ0) is 9.03. The van der Waals surface area contributed by atoms with E-state index in [9.17, 15) is 0 Å².